The number of nitrogens with zero attached hydrogens (tertiary/aromatic N) is 3. The second-order valence-corrected chi connectivity index (χ2v) is 6.36. The fourth-order valence-electron chi connectivity index (χ4n) is 2.95. The highest BCUT2D eigenvalue weighted by atomic mass is 19.4. The normalized spacial score (nSPS) is 16.6. The average molecular weight is 417 g/mol. The first-order chi connectivity index (χ1) is 15.1. The van der Waals surface area contributed by atoms with Crippen LogP contribution in [0, 0.1) is 0 Å². The number of ether oxygens (including phenoxy) is 2. The van der Waals surface area contributed by atoms with Crippen LogP contribution in [0.5, 0.6) is 11.5 Å². The molecule has 0 aliphatic carbocycles. The fourth-order valence-corrected chi connectivity index (χ4v) is 2.95. The highest BCUT2D eigenvalue weighted by Gasteiger charge is 2.31. The number of fused-ring (bicyclic) bond motifs is 1. The number of aromatic nitrogens is 2. The number of amides is 1. The van der Waals surface area contributed by atoms with E-state index < -0.39 is 18.8 Å². The lowest BCUT2D eigenvalue weighted by atomic mass is 10.0. The van der Waals surface area contributed by atoms with Gasteiger partial charge in [0.25, 0.3) is 5.91 Å². The monoisotopic (exact) mass is 417 g/mol. The van der Waals surface area contributed by atoms with Crippen LogP contribution >= 0.6 is 0 Å². The van der Waals surface area contributed by atoms with Gasteiger partial charge in [-0.05, 0) is 41.5 Å². The van der Waals surface area contributed by atoms with Gasteiger partial charge < -0.3 is 14.4 Å². The highest BCUT2D eigenvalue weighted by Crippen LogP contribution is 2.31. The Morgan fingerprint density at radius 2 is 1.80 bits per heavy atom. The second kappa shape index (κ2) is 8.02. The van der Waals surface area contributed by atoms with Crippen LogP contribution in [-0.4, -0.2) is 40.2 Å². The predicted octanol–water partition coefficient (Wildman–Crippen LogP) is 4.08. The molecule has 0 unspecified atom stereocenters. The third-order valence-corrected chi connectivity index (χ3v) is 4.31. The topological polar surface area (TPSA) is 64.6 Å². The minimum Gasteiger partial charge on any atom is -0.491 e. The van der Waals surface area contributed by atoms with Crippen molar-refractivity contribution in [2.24, 2.45) is 0 Å². The van der Waals surface area contributed by atoms with Crippen LogP contribution in [0.2, 0.25) is 0 Å². The Morgan fingerprint density at radius 1 is 1.10 bits per heavy atom. The maximum absolute atomic E-state index is 13.2. The number of hydrogen-bond acceptors (Lipinski definition) is 5. The molecule has 2 aromatic carbocycles. The van der Waals surface area contributed by atoms with Crippen molar-refractivity contribution < 1.29 is 30.2 Å². The Hall–Kier alpha value is -3.62. The Morgan fingerprint density at radius 3 is 2.50 bits per heavy atom. The lowest BCUT2D eigenvalue weighted by Crippen LogP contribution is -2.32. The summed E-state index contributed by atoms with van der Waals surface area (Å²) in [7, 11) is 0. The molecule has 0 atom stereocenters. The van der Waals surface area contributed by atoms with Gasteiger partial charge >= 0.3 is 6.36 Å². The first kappa shape index (κ1) is 17.3. The number of rotatable bonds is 4. The molecule has 0 N–H and O–H groups in total. The van der Waals surface area contributed by atoms with E-state index in [1.54, 1.807) is 12.1 Å². The molecule has 2 heterocycles. The molecule has 1 aromatic heterocycles. The highest BCUT2D eigenvalue weighted by molar-refractivity contribution is 5.98. The van der Waals surface area contributed by atoms with Gasteiger partial charge in [-0.2, -0.15) is 0 Å². The van der Waals surface area contributed by atoms with Crippen molar-refractivity contribution in [3.8, 4) is 22.6 Å². The Bertz CT molecular complexity index is 1130. The van der Waals surface area contributed by atoms with Crippen molar-refractivity contribution in [1.29, 1.82) is 0 Å². The number of hydrogen-bond donors (Lipinski definition) is 0. The van der Waals surface area contributed by atoms with Crippen molar-refractivity contribution >= 4 is 5.91 Å². The van der Waals surface area contributed by atoms with E-state index >= 15 is 0 Å². The van der Waals surface area contributed by atoms with Crippen LogP contribution in [-0.2, 0) is 6.54 Å². The first-order valence-corrected chi connectivity index (χ1v) is 8.84. The summed E-state index contributed by atoms with van der Waals surface area (Å²) in [6, 6.07) is 11.4. The van der Waals surface area contributed by atoms with Crippen LogP contribution in [0.4, 0.5) is 13.2 Å². The molecule has 0 radical (unpaired) electrons. The smallest absolute Gasteiger partial charge is 0.491 e. The molecule has 6 nitrogen and oxygen atoms in total. The summed E-state index contributed by atoms with van der Waals surface area (Å²) in [6.07, 6.45) is -1.75. The minimum absolute atomic E-state index is 0.0182. The third kappa shape index (κ3) is 4.51. The quantitative estimate of drug-likeness (QED) is 0.640. The van der Waals surface area contributed by atoms with E-state index in [0.717, 1.165) is 0 Å². The van der Waals surface area contributed by atoms with E-state index in [9.17, 15) is 18.0 Å². The molecule has 0 saturated carbocycles. The van der Waals surface area contributed by atoms with E-state index in [0.29, 0.717) is 17.0 Å². The summed E-state index contributed by atoms with van der Waals surface area (Å²) in [5.41, 5.74) is 1.20. The molecule has 4 rings (SSSR count). The van der Waals surface area contributed by atoms with Gasteiger partial charge in [-0.15, -0.1) is 13.2 Å². The zero-order valence-corrected chi connectivity index (χ0v) is 15.4. The SMILES string of the molecule is [2H]C1([2H])CN(Cc2ncccn2)C(=O)c2cc(-c3ccc(OC(F)(F)F)cc3)ccc2O1. The summed E-state index contributed by atoms with van der Waals surface area (Å²) in [5, 5.41) is 0. The molecular formula is C21H16F3N3O3. The van der Waals surface area contributed by atoms with Gasteiger partial charge in [0.05, 0.1) is 21.4 Å². The number of carbonyl (C=O) groups is 1. The maximum Gasteiger partial charge on any atom is 0.573 e. The largest absolute Gasteiger partial charge is 0.573 e. The zero-order valence-electron chi connectivity index (χ0n) is 17.4. The lowest BCUT2D eigenvalue weighted by Gasteiger charge is -2.19. The Labute approximate surface area is 172 Å². The average Bonchev–Trinajstić information content (AvgIpc) is 2.81. The third-order valence-electron chi connectivity index (χ3n) is 4.31. The van der Waals surface area contributed by atoms with Gasteiger partial charge in [-0.1, -0.05) is 18.2 Å². The molecule has 0 fully saturated rings. The summed E-state index contributed by atoms with van der Waals surface area (Å²) in [6.45, 7) is -2.50. The van der Waals surface area contributed by atoms with Crippen molar-refractivity contribution in [1.82, 2.24) is 14.9 Å². The predicted molar refractivity (Wildman–Crippen MR) is 101 cm³/mol. The minimum atomic E-state index is -4.79. The molecule has 9 heteroatoms. The van der Waals surface area contributed by atoms with Gasteiger partial charge in [0.1, 0.15) is 23.9 Å². The van der Waals surface area contributed by atoms with E-state index in [1.807, 2.05) is 0 Å². The fraction of sp³-hybridized carbons (Fsp3) is 0.190. The van der Waals surface area contributed by atoms with Crippen molar-refractivity contribution in [2.75, 3.05) is 13.1 Å². The first-order valence-electron chi connectivity index (χ1n) is 9.84. The van der Waals surface area contributed by atoms with Crippen molar-refractivity contribution in [2.45, 2.75) is 12.9 Å². The van der Waals surface area contributed by atoms with Gasteiger partial charge in [0.2, 0.25) is 0 Å². The zero-order chi connectivity index (χ0) is 22.9. The number of halogens is 3. The van der Waals surface area contributed by atoms with Crippen LogP contribution in [0.25, 0.3) is 11.1 Å². The molecule has 1 aliphatic rings. The van der Waals surface area contributed by atoms with E-state index in [-0.39, 0.29) is 30.2 Å². The summed E-state index contributed by atoms with van der Waals surface area (Å²) in [4.78, 5) is 22.6. The van der Waals surface area contributed by atoms with Crippen molar-refractivity contribution in [3.63, 3.8) is 0 Å². The van der Waals surface area contributed by atoms with E-state index in [4.69, 9.17) is 7.48 Å². The Balaban J connectivity index is 1.65. The van der Waals surface area contributed by atoms with Crippen LogP contribution in [0.3, 0.4) is 0 Å². The lowest BCUT2D eigenvalue weighted by molar-refractivity contribution is -0.274. The maximum atomic E-state index is 13.2. The Kier molecular flexibility index (Phi) is 4.61. The van der Waals surface area contributed by atoms with Crippen LogP contribution in [0.1, 0.15) is 18.9 Å². The van der Waals surface area contributed by atoms with Crippen molar-refractivity contribution in [3.05, 3.63) is 72.3 Å². The van der Waals surface area contributed by atoms with Gasteiger partial charge in [-0.25, -0.2) is 9.97 Å². The molecule has 3 aromatic rings. The summed E-state index contributed by atoms with van der Waals surface area (Å²) >= 11 is 0. The summed E-state index contributed by atoms with van der Waals surface area (Å²) in [5.74, 6) is -0.431. The number of carbonyl (C=O) groups excluding carboxylic acids is 1. The van der Waals surface area contributed by atoms with E-state index in [1.165, 1.54) is 53.7 Å². The molecule has 1 aliphatic heterocycles. The molecule has 0 saturated heterocycles. The molecule has 154 valence electrons. The van der Waals surface area contributed by atoms with Gasteiger partial charge in [0.15, 0.2) is 0 Å². The summed E-state index contributed by atoms with van der Waals surface area (Å²) < 4.78 is 62.6. The number of benzene rings is 2. The van der Waals surface area contributed by atoms with E-state index in [2.05, 4.69) is 14.7 Å². The molecule has 0 spiro atoms. The standard InChI is InChI=1S/C21H16F3N3O3/c22-21(23,24)30-16-5-2-14(3-6-16)15-4-7-18-17(12-15)20(28)27(10-11-29-18)13-19-25-8-1-9-26-19/h1-9,12H,10-11,13H2/i11D2. The van der Waals surface area contributed by atoms with Gasteiger partial charge in [-0.3, -0.25) is 4.79 Å². The molecule has 30 heavy (non-hydrogen) atoms. The molecular weight excluding hydrogens is 399 g/mol. The second-order valence-electron chi connectivity index (χ2n) is 6.36. The number of alkyl halides is 3. The van der Waals surface area contributed by atoms with Crippen LogP contribution < -0.4 is 9.47 Å². The van der Waals surface area contributed by atoms with Gasteiger partial charge in [0, 0.05) is 12.4 Å². The van der Waals surface area contributed by atoms with Crippen LogP contribution in [0.15, 0.2) is 60.9 Å². The molecule has 1 amide bonds. The molecule has 0 bridgehead atoms.